The molecule has 148 valence electrons. The van der Waals surface area contributed by atoms with E-state index in [1.54, 1.807) is 12.1 Å². The molecule has 4 aromatic rings. The summed E-state index contributed by atoms with van der Waals surface area (Å²) >= 11 is 13.7. The molecule has 2 aromatic heterocycles. The summed E-state index contributed by atoms with van der Waals surface area (Å²) in [6.45, 7) is 0. The minimum absolute atomic E-state index is 0.0992. The normalized spacial score (nSPS) is 15.1. The van der Waals surface area contributed by atoms with E-state index in [2.05, 4.69) is 20.0 Å². The zero-order valence-electron chi connectivity index (χ0n) is 15.1. The van der Waals surface area contributed by atoms with Crippen LogP contribution in [-0.4, -0.2) is 21.2 Å². The molecule has 3 heterocycles. The number of benzene rings is 2. The lowest BCUT2D eigenvalue weighted by Gasteiger charge is -2.17. The number of nitrogens with one attached hydrogen (secondary N) is 2. The summed E-state index contributed by atoms with van der Waals surface area (Å²) in [7, 11) is 0. The van der Waals surface area contributed by atoms with Gasteiger partial charge in [0.15, 0.2) is 0 Å². The highest BCUT2D eigenvalue weighted by Crippen LogP contribution is 2.39. The average Bonchev–Trinajstić information content (AvgIpc) is 3.30. The molecule has 2 N–H and O–H groups in total. The van der Waals surface area contributed by atoms with Crippen molar-refractivity contribution in [2.45, 2.75) is 6.04 Å². The number of pyridine rings is 1. The standard InChI is InChI=1S/C21H12Cl2N4O2S/c22-12-7-3-1-5-10(12)17-16-13(9-15(23)25-19(16)21(29)26-17)24-20(28)18-11-6-2-4-8-14(11)30-27-18/h1-9,17H,(H,26,29)(H,24,25,28). The number of fused-ring (bicyclic) bond motifs is 2. The molecule has 1 aliphatic rings. The first-order valence-electron chi connectivity index (χ1n) is 8.94. The smallest absolute Gasteiger partial charge is 0.276 e. The van der Waals surface area contributed by atoms with E-state index < -0.39 is 11.9 Å². The molecule has 1 aliphatic heterocycles. The van der Waals surface area contributed by atoms with Gasteiger partial charge in [-0.2, -0.15) is 4.37 Å². The maximum Gasteiger partial charge on any atom is 0.276 e. The van der Waals surface area contributed by atoms with Crippen LogP contribution >= 0.6 is 34.7 Å². The Kier molecular flexibility index (Phi) is 4.66. The number of carbonyl (C=O) groups is 2. The monoisotopic (exact) mass is 454 g/mol. The molecule has 0 saturated carbocycles. The van der Waals surface area contributed by atoms with Crippen LogP contribution in [0.5, 0.6) is 0 Å². The average molecular weight is 455 g/mol. The number of hydrogen-bond donors (Lipinski definition) is 2. The number of carbonyl (C=O) groups excluding carboxylic acids is 2. The molecule has 6 nitrogen and oxygen atoms in total. The molecule has 2 amide bonds. The van der Waals surface area contributed by atoms with Gasteiger partial charge in [-0.25, -0.2) is 4.98 Å². The lowest BCUT2D eigenvalue weighted by molar-refractivity contribution is 0.0955. The summed E-state index contributed by atoms with van der Waals surface area (Å²) in [5.74, 6) is -0.777. The molecule has 9 heteroatoms. The Bertz CT molecular complexity index is 1340. The van der Waals surface area contributed by atoms with Gasteiger partial charge in [0.25, 0.3) is 11.8 Å². The predicted molar refractivity (Wildman–Crippen MR) is 118 cm³/mol. The van der Waals surface area contributed by atoms with Crippen LogP contribution in [-0.2, 0) is 0 Å². The van der Waals surface area contributed by atoms with Crippen LogP contribution in [0.25, 0.3) is 10.1 Å². The van der Waals surface area contributed by atoms with Crippen molar-refractivity contribution in [1.29, 1.82) is 0 Å². The summed E-state index contributed by atoms with van der Waals surface area (Å²) in [6, 6.07) is 15.6. The minimum Gasteiger partial charge on any atom is -0.340 e. The van der Waals surface area contributed by atoms with Crippen molar-refractivity contribution < 1.29 is 9.59 Å². The van der Waals surface area contributed by atoms with Crippen molar-refractivity contribution in [1.82, 2.24) is 14.7 Å². The Balaban J connectivity index is 1.60. The first-order chi connectivity index (χ1) is 14.5. The second kappa shape index (κ2) is 7.36. The second-order valence-electron chi connectivity index (χ2n) is 6.66. The number of aromatic nitrogens is 2. The first-order valence-corrected chi connectivity index (χ1v) is 10.5. The SMILES string of the molecule is O=C1NC(c2ccccc2Cl)c2c(NC(=O)c3nsc4ccccc34)cc(Cl)nc21. The fraction of sp³-hybridized carbons (Fsp3) is 0.0476. The molecule has 0 fully saturated rings. The van der Waals surface area contributed by atoms with Gasteiger partial charge < -0.3 is 10.6 Å². The number of amides is 2. The summed E-state index contributed by atoms with van der Waals surface area (Å²) < 4.78 is 5.20. The maximum absolute atomic E-state index is 13.0. The Labute approximate surface area is 185 Å². The van der Waals surface area contributed by atoms with Gasteiger partial charge >= 0.3 is 0 Å². The lowest BCUT2D eigenvalue weighted by Crippen LogP contribution is -2.21. The van der Waals surface area contributed by atoms with Gasteiger partial charge in [-0.3, -0.25) is 9.59 Å². The van der Waals surface area contributed by atoms with E-state index in [1.165, 1.54) is 17.6 Å². The van der Waals surface area contributed by atoms with E-state index >= 15 is 0 Å². The van der Waals surface area contributed by atoms with E-state index in [4.69, 9.17) is 23.2 Å². The zero-order valence-corrected chi connectivity index (χ0v) is 17.5. The van der Waals surface area contributed by atoms with Crippen molar-refractivity contribution in [2.24, 2.45) is 0 Å². The van der Waals surface area contributed by atoms with Gasteiger partial charge in [-0.1, -0.05) is 59.6 Å². The second-order valence-corrected chi connectivity index (χ2v) is 8.26. The third-order valence-electron chi connectivity index (χ3n) is 4.86. The molecule has 5 rings (SSSR count). The predicted octanol–water partition coefficient (Wildman–Crippen LogP) is 5.08. The number of nitrogens with zero attached hydrogens (tertiary/aromatic N) is 2. The molecule has 0 bridgehead atoms. The summed E-state index contributed by atoms with van der Waals surface area (Å²) in [5.41, 5.74) is 2.07. The molecule has 30 heavy (non-hydrogen) atoms. The molecular formula is C21H12Cl2N4O2S. The Morgan fingerprint density at radius 3 is 2.70 bits per heavy atom. The van der Waals surface area contributed by atoms with Gasteiger partial charge in [0.05, 0.1) is 16.4 Å². The van der Waals surface area contributed by atoms with Gasteiger partial charge in [0.1, 0.15) is 16.5 Å². The molecule has 1 unspecified atom stereocenters. The number of halogens is 2. The molecule has 0 spiro atoms. The van der Waals surface area contributed by atoms with Crippen molar-refractivity contribution in [3.05, 3.63) is 87.3 Å². The third-order valence-corrected chi connectivity index (χ3v) is 6.23. The van der Waals surface area contributed by atoms with Gasteiger partial charge in [0, 0.05) is 16.0 Å². The van der Waals surface area contributed by atoms with Crippen LogP contribution < -0.4 is 10.6 Å². The number of rotatable bonds is 3. The molecule has 0 saturated heterocycles. The van der Waals surface area contributed by atoms with Crippen molar-refractivity contribution in [3.8, 4) is 0 Å². The largest absolute Gasteiger partial charge is 0.340 e. The number of hydrogen-bond acceptors (Lipinski definition) is 5. The maximum atomic E-state index is 13.0. The van der Waals surface area contributed by atoms with Crippen molar-refractivity contribution in [3.63, 3.8) is 0 Å². The van der Waals surface area contributed by atoms with Gasteiger partial charge in [0.2, 0.25) is 0 Å². The zero-order chi connectivity index (χ0) is 20.8. The fourth-order valence-corrected chi connectivity index (χ4v) is 4.75. The Morgan fingerprint density at radius 1 is 1.10 bits per heavy atom. The van der Waals surface area contributed by atoms with Gasteiger partial charge in [-0.15, -0.1) is 0 Å². The van der Waals surface area contributed by atoms with Crippen LogP contribution in [0.4, 0.5) is 5.69 Å². The highest BCUT2D eigenvalue weighted by Gasteiger charge is 2.36. The van der Waals surface area contributed by atoms with Crippen LogP contribution in [0.2, 0.25) is 10.2 Å². The number of anilines is 1. The molecule has 2 aromatic carbocycles. The highest BCUT2D eigenvalue weighted by molar-refractivity contribution is 7.13. The fourth-order valence-electron chi connectivity index (χ4n) is 3.54. The van der Waals surface area contributed by atoms with E-state index in [1.807, 2.05) is 36.4 Å². The van der Waals surface area contributed by atoms with E-state index in [-0.39, 0.29) is 16.8 Å². The summed E-state index contributed by atoms with van der Waals surface area (Å²) in [4.78, 5) is 29.8. The molecule has 0 radical (unpaired) electrons. The molecule has 0 aliphatic carbocycles. The third kappa shape index (κ3) is 3.11. The van der Waals surface area contributed by atoms with E-state index in [0.717, 1.165) is 10.1 Å². The highest BCUT2D eigenvalue weighted by atomic mass is 35.5. The van der Waals surface area contributed by atoms with E-state index in [0.29, 0.717) is 27.5 Å². The topological polar surface area (TPSA) is 84.0 Å². The van der Waals surface area contributed by atoms with Crippen molar-refractivity contribution >= 4 is 62.3 Å². The molecule has 1 atom stereocenters. The molecular weight excluding hydrogens is 443 g/mol. The summed E-state index contributed by atoms with van der Waals surface area (Å²) in [5, 5.41) is 7.09. The van der Waals surface area contributed by atoms with Crippen molar-refractivity contribution in [2.75, 3.05) is 5.32 Å². The Hall–Kier alpha value is -3.00. The van der Waals surface area contributed by atoms with Gasteiger partial charge in [-0.05, 0) is 35.3 Å². The van der Waals surface area contributed by atoms with Crippen LogP contribution in [0.15, 0.2) is 54.6 Å². The van der Waals surface area contributed by atoms with Crippen LogP contribution in [0, 0.1) is 0 Å². The van der Waals surface area contributed by atoms with Crippen LogP contribution in [0.3, 0.4) is 0 Å². The minimum atomic E-state index is -0.562. The summed E-state index contributed by atoms with van der Waals surface area (Å²) in [6.07, 6.45) is 0. The first kappa shape index (κ1) is 19.0. The van der Waals surface area contributed by atoms with E-state index in [9.17, 15) is 9.59 Å². The quantitative estimate of drug-likeness (QED) is 0.422. The lowest BCUT2D eigenvalue weighted by atomic mass is 9.99. The Morgan fingerprint density at radius 2 is 1.87 bits per heavy atom. The van der Waals surface area contributed by atoms with Crippen LogP contribution in [0.1, 0.15) is 38.1 Å².